The van der Waals surface area contributed by atoms with Gasteiger partial charge in [-0.2, -0.15) is 0 Å². The molecule has 1 heterocycles. The van der Waals surface area contributed by atoms with Crippen molar-refractivity contribution in [3.8, 4) is 0 Å². The molecule has 0 radical (unpaired) electrons. The second-order valence-corrected chi connectivity index (χ2v) is 4.90. The maximum Gasteiger partial charge on any atom is 0.241 e. The first-order valence-electron chi connectivity index (χ1n) is 6.43. The summed E-state index contributed by atoms with van der Waals surface area (Å²) in [6, 6.07) is 6.41. The fourth-order valence-corrected chi connectivity index (χ4v) is 2.15. The first-order chi connectivity index (χ1) is 8.66. The van der Waals surface area contributed by atoms with E-state index in [0.29, 0.717) is 11.6 Å². The maximum atomic E-state index is 13.3. The highest BCUT2D eigenvalue weighted by Crippen LogP contribution is 2.16. The van der Waals surface area contributed by atoms with E-state index >= 15 is 0 Å². The lowest BCUT2D eigenvalue weighted by Crippen LogP contribution is -2.40. The third-order valence-corrected chi connectivity index (χ3v) is 3.44. The number of rotatable bonds is 3. The third kappa shape index (κ3) is 3.22. The van der Waals surface area contributed by atoms with Crippen LogP contribution in [0, 0.1) is 11.7 Å². The van der Waals surface area contributed by atoms with Gasteiger partial charge in [0.1, 0.15) is 5.82 Å². The maximum absolute atomic E-state index is 13.3. The predicted molar refractivity (Wildman–Crippen MR) is 69.9 cm³/mol. The van der Waals surface area contributed by atoms with Crippen LogP contribution in [0.5, 0.6) is 0 Å². The van der Waals surface area contributed by atoms with Gasteiger partial charge in [0, 0.05) is 13.1 Å². The zero-order chi connectivity index (χ0) is 13.0. The van der Waals surface area contributed by atoms with Crippen LogP contribution in [0.15, 0.2) is 24.3 Å². The van der Waals surface area contributed by atoms with E-state index in [1.165, 1.54) is 6.07 Å². The van der Waals surface area contributed by atoms with Gasteiger partial charge >= 0.3 is 0 Å². The standard InChI is InChI=1S/C14H19FN2O/c1-11-6-8-17(9-7-11)14(18)10-16-13-5-3-2-4-12(13)15/h2-5,11,16H,6-10H2,1H3. The van der Waals surface area contributed by atoms with Crippen molar-refractivity contribution in [3.05, 3.63) is 30.1 Å². The number of anilines is 1. The molecule has 18 heavy (non-hydrogen) atoms. The van der Waals surface area contributed by atoms with Gasteiger partial charge < -0.3 is 10.2 Å². The van der Waals surface area contributed by atoms with Crippen molar-refractivity contribution in [2.45, 2.75) is 19.8 Å². The number of carbonyl (C=O) groups is 1. The SMILES string of the molecule is CC1CCN(C(=O)CNc2ccccc2F)CC1. The van der Waals surface area contributed by atoms with Gasteiger partial charge in [0.05, 0.1) is 12.2 Å². The van der Waals surface area contributed by atoms with Crippen LogP contribution in [0.4, 0.5) is 10.1 Å². The molecule has 0 bridgehead atoms. The van der Waals surface area contributed by atoms with Crippen LogP contribution in [-0.4, -0.2) is 30.4 Å². The molecule has 1 aromatic carbocycles. The summed E-state index contributed by atoms with van der Waals surface area (Å²) < 4.78 is 13.3. The van der Waals surface area contributed by atoms with Gasteiger partial charge in [-0.1, -0.05) is 19.1 Å². The van der Waals surface area contributed by atoms with E-state index in [1.807, 2.05) is 4.90 Å². The van der Waals surface area contributed by atoms with Crippen LogP contribution in [0.1, 0.15) is 19.8 Å². The zero-order valence-electron chi connectivity index (χ0n) is 10.7. The Labute approximate surface area is 107 Å². The Kier molecular flexibility index (Phi) is 4.18. The molecule has 0 aliphatic carbocycles. The van der Waals surface area contributed by atoms with Crippen molar-refractivity contribution in [3.63, 3.8) is 0 Å². The first-order valence-corrected chi connectivity index (χ1v) is 6.43. The highest BCUT2D eigenvalue weighted by molar-refractivity contribution is 5.81. The molecule has 1 amide bonds. The topological polar surface area (TPSA) is 32.3 Å². The summed E-state index contributed by atoms with van der Waals surface area (Å²) in [5, 5.41) is 2.86. The van der Waals surface area contributed by atoms with Crippen molar-refractivity contribution in [1.29, 1.82) is 0 Å². The molecule has 1 fully saturated rings. The van der Waals surface area contributed by atoms with Crippen molar-refractivity contribution in [1.82, 2.24) is 4.90 Å². The highest BCUT2D eigenvalue weighted by atomic mass is 19.1. The largest absolute Gasteiger partial charge is 0.374 e. The Hall–Kier alpha value is -1.58. The Morgan fingerprint density at radius 3 is 2.72 bits per heavy atom. The van der Waals surface area contributed by atoms with Crippen LogP contribution in [-0.2, 0) is 4.79 Å². The van der Waals surface area contributed by atoms with E-state index in [0.717, 1.165) is 25.9 Å². The number of hydrogen-bond acceptors (Lipinski definition) is 2. The van der Waals surface area contributed by atoms with Gasteiger partial charge in [-0.3, -0.25) is 4.79 Å². The van der Waals surface area contributed by atoms with Crippen molar-refractivity contribution in [2.24, 2.45) is 5.92 Å². The van der Waals surface area contributed by atoms with E-state index in [4.69, 9.17) is 0 Å². The Bertz CT molecular complexity index is 414. The van der Waals surface area contributed by atoms with Crippen molar-refractivity contribution < 1.29 is 9.18 Å². The second kappa shape index (κ2) is 5.85. The molecule has 1 N–H and O–H groups in total. The molecular formula is C14H19FN2O. The molecule has 0 atom stereocenters. The van der Waals surface area contributed by atoms with Crippen LogP contribution in [0.25, 0.3) is 0 Å². The molecule has 3 nitrogen and oxygen atoms in total. The lowest BCUT2D eigenvalue weighted by molar-refractivity contribution is -0.130. The summed E-state index contributed by atoms with van der Waals surface area (Å²) in [5.74, 6) is 0.427. The summed E-state index contributed by atoms with van der Waals surface area (Å²) in [5.41, 5.74) is 0.385. The van der Waals surface area contributed by atoms with Gasteiger partial charge in [-0.05, 0) is 30.9 Å². The Morgan fingerprint density at radius 1 is 1.39 bits per heavy atom. The first kappa shape index (κ1) is 12.9. The highest BCUT2D eigenvalue weighted by Gasteiger charge is 2.19. The quantitative estimate of drug-likeness (QED) is 0.894. The lowest BCUT2D eigenvalue weighted by atomic mass is 9.99. The van der Waals surface area contributed by atoms with Gasteiger partial charge in [0.2, 0.25) is 5.91 Å². The summed E-state index contributed by atoms with van der Waals surface area (Å²) >= 11 is 0. The number of benzene rings is 1. The molecule has 1 aliphatic rings. The molecule has 0 unspecified atom stereocenters. The minimum Gasteiger partial charge on any atom is -0.374 e. The van der Waals surface area contributed by atoms with Gasteiger partial charge in [0.15, 0.2) is 0 Å². The number of halogens is 1. The molecule has 0 aromatic heterocycles. The normalized spacial score (nSPS) is 16.7. The van der Waals surface area contributed by atoms with Gasteiger partial charge in [-0.25, -0.2) is 4.39 Å². The number of nitrogens with zero attached hydrogens (tertiary/aromatic N) is 1. The molecule has 0 spiro atoms. The second-order valence-electron chi connectivity index (χ2n) is 4.90. The van der Waals surface area contributed by atoms with Crippen molar-refractivity contribution in [2.75, 3.05) is 25.0 Å². The van der Waals surface area contributed by atoms with Crippen molar-refractivity contribution >= 4 is 11.6 Å². The molecule has 0 saturated carbocycles. The van der Waals surface area contributed by atoms with Crippen LogP contribution >= 0.6 is 0 Å². The van der Waals surface area contributed by atoms with Gasteiger partial charge in [-0.15, -0.1) is 0 Å². The number of likely N-dealkylation sites (tertiary alicyclic amines) is 1. The number of para-hydroxylation sites is 1. The predicted octanol–water partition coefficient (Wildman–Crippen LogP) is 2.50. The monoisotopic (exact) mass is 250 g/mol. The number of amides is 1. The zero-order valence-corrected chi connectivity index (χ0v) is 10.7. The fourth-order valence-electron chi connectivity index (χ4n) is 2.15. The smallest absolute Gasteiger partial charge is 0.241 e. The number of piperidine rings is 1. The summed E-state index contributed by atoms with van der Waals surface area (Å²) in [7, 11) is 0. The molecule has 4 heteroatoms. The molecule has 98 valence electrons. The Morgan fingerprint density at radius 2 is 2.06 bits per heavy atom. The Balaban J connectivity index is 1.83. The van der Waals surface area contributed by atoms with Crippen LogP contribution in [0.2, 0.25) is 0 Å². The lowest BCUT2D eigenvalue weighted by Gasteiger charge is -2.30. The molecule has 1 aromatic rings. The van der Waals surface area contributed by atoms with E-state index in [1.54, 1.807) is 18.2 Å². The average Bonchev–Trinajstić information content (AvgIpc) is 2.38. The van der Waals surface area contributed by atoms with E-state index < -0.39 is 0 Å². The molecule has 2 rings (SSSR count). The molecule has 1 aliphatic heterocycles. The molecule has 1 saturated heterocycles. The fraction of sp³-hybridized carbons (Fsp3) is 0.500. The van der Waals surface area contributed by atoms with E-state index in [2.05, 4.69) is 12.2 Å². The minimum absolute atomic E-state index is 0.0464. The summed E-state index contributed by atoms with van der Waals surface area (Å²) in [4.78, 5) is 13.8. The van der Waals surface area contributed by atoms with Gasteiger partial charge in [0.25, 0.3) is 0 Å². The van der Waals surface area contributed by atoms with Crippen LogP contribution in [0.3, 0.4) is 0 Å². The average molecular weight is 250 g/mol. The summed E-state index contributed by atoms with van der Waals surface area (Å²) in [6.45, 7) is 4.01. The third-order valence-electron chi connectivity index (χ3n) is 3.44. The van der Waals surface area contributed by atoms with E-state index in [9.17, 15) is 9.18 Å². The minimum atomic E-state index is -0.322. The van der Waals surface area contributed by atoms with E-state index in [-0.39, 0.29) is 18.3 Å². The summed E-state index contributed by atoms with van der Waals surface area (Å²) in [6.07, 6.45) is 2.12. The number of nitrogens with one attached hydrogen (secondary N) is 1. The molecular weight excluding hydrogens is 231 g/mol. The number of hydrogen-bond donors (Lipinski definition) is 1. The van der Waals surface area contributed by atoms with Crippen LogP contribution < -0.4 is 5.32 Å². The number of carbonyl (C=O) groups excluding carboxylic acids is 1.